The van der Waals surface area contributed by atoms with Gasteiger partial charge in [0, 0.05) is 6.54 Å². The number of hydrogen-bond acceptors (Lipinski definition) is 4. The second-order valence-corrected chi connectivity index (χ2v) is 3.73. The minimum atomic E-state index is -0.949. The number of benzene rings is 1. The van der Waals surface area contributed by atoms with Crippen molar-refractivity contribution in [1.82, 2.24) is 5.43 Å². The zero-order valence-electron chi connectivity index (χ0n) is 8.88. The predicted octanol–water partition coefficient (Wildman–Crippen LogP) is 1.50. The Balaban J connectivity index is 2.13. The lowest BCUT2D eigenvalue weighted by Gasteiger charge is -2.21. The molecule has 0 amide bonds. The Bertz CT molecular complexity index is 549. The zero-order valence-corrected chi connectivity index (χ0v) is 8.88. The maximum Gasteiger partial charge on any atom is 0.335 e. The van der Waals surface area contributed by atoms with Crippen molar-refractivity contribution in [3.8, 4) is 5.75 Å². The summed E-state index contributed by atoms with van der Waals surface area (Å²) in [7, 11) is 0. The molecule has 2 N–H and O–H groups in total. The van der Waals surface area contributed by atoms with Crippen molar-refractivity contribution in [2.45, 2.75) is 0 Å². The topological polar surface area (TPSA) is 61.8 Å². The summed E-state index contributed by atoms with van der Waals surface area (Å²) in [4.78, 5) is 11.0. The maximum atomic E-state index is 11.0. The number of nitrogens with one attached hydrogen (secondary N) is 1. The van der Waals surface area contributed by atoms with Crippen LogP contribution in [0.5, 0.6) is 5.75 Å². The van der Waals surface area contributed by atoms with Crippen LogP contribution in [-0.4, -0.2) is 17.6 Å². The fraction of sp³-hybridized carbons (Fsp3) is 0.0833. The van der Waals surface area contributed by atoms with Crippen molar-refractivity contribution in [2.75, 3.05) is 11.6 Å². The molecule has 0 saturated heterocycles. The number of nitrogens with zero attached hydrogens (tertiary/aromatic N) is 1. The molecule has 5 nitrogen and oxygen atoms in total. The summed E-state index contributed by atoms with van der Waals surface area (Å²) in [6.07, 6.45) is 5.43. The maximum absolute atomic E-state index is 11.0. The Morgan fingerprint density at radius 2 is 2.35 bits per heavy atom. The van der Waals surface area contributed by atoms with Gasteiger partial charge in [-0.2, -0.15) is 0 Å². The van der Waals surface area contributed by atoms with Crippen molar-refractivity contribution in [2.24, 2.45) is 0 Å². The van der Waals surface area contributed by atoms with Crippen LogP contribution in [0, 0.1) is 0 Å². The van der Waals surface area contributed by atoms with Crippen molar-refractivity contribution in [1.29, 1.82) is 0 Å². The van der Waals surface area contributed by atoms with E-state index in [1.165, 1.54) is 6.07 Å². The van der Waals surface area contributed by atoms with Crippen LogP contribution in [0.1, 0.15) is 10.4 Å². The van der Waals surface area contributed by atoms with Crippen LogP contribution in [0.3, 0.4) is 0 Å². The molecule has 3 rings (SSSR count). The third kappa shape index (κ3) is 1.57. The smallest absolute Gasteiger partial charge is 0.335 e. The van der Waals surface area contributed by atoms with E-state index in [1.54, 1.807) is 18.4 Å². The third-order valence-electron chi connectivity index (χ3n) is 2.70. The number of hydrogen-bond donors (Lipinski definition) is 2. The number of carboxylic acids is 1. The average Bonchev–Trinajstić information content (AvgIpc) is 2.71. The third-order valence-corrected chi connectivity index (χ3v) is 2.70. The second-order valence-electron chi connectivity index (χ2n) is 3.73. The van der Waals surface area contributed by atoms with E-state index in [0.717, 1.165) is 12.2 Å². The Morgan fingerprint density at radius 3 is 3.18 bits per heavy atom. The number of carboxylic acid groups (broad SMARTS) is 1. The molecular weight excluding hydrogens is 220 g/mol. The van der Waals surface area contributed by atoms with Gasteiger partial charge in [0.05, 0.1) is 17.5 Å². The highest BCUT2D eigenvalue weighted by atomic mass is 16.5. The molecule has 2 heterocycles. The van der Waals surface area contributed by atoms with Crippen LogP contribution >= 0.6 is 0 Å². The molecule has 0 bridgehead atoms. The van der Waals surface area contributed by atoms with Gasteiger partial charge in [-0.3, -0.25) is 5.01 Å². The molecule has 0 aliphatic carbocycles. The van der Waals surface area contributed by atoms with Crippen LogP contribution in [-0.2, 0) is 0 Å². The van der Waals surface area contributed by atoms with Crippen molar-refractivity contribution >= 4 is 11.7 Å². The number of hydrazine groups is 1. The molecule has 1 aromatic carbocycles. The summed E-state index contributed by atoms with van der Waals surface area (Å²) in [6.45, 7) is 0.719. The summed E-state index contributed by atoms with van der Waals surface area (Å²) in [6, 6.07) is 4.78. The second kappa shape index (κ2) is 3.64. The van der Waals surface area contributed by atoms with Crippen molar-refractivity contribution in [3.63, 3.8) is 0 Å². The summed E-state index contributed by atoms with van der Waals surface area (Å²) < 4.78 is 5.42. The van der Waals surface area contributed by atoms with Gasteiger partial charge in [-0.25, -0.2) is 10.2 Å². The molecular formula is C12H10N2O3. The first-order valence-electron chi connectivity index (χ1n) is 5.20. The molecule has 0 aromatic heterocycles. The molecule has 2 aliphatic heterocycles. The summed E-state index contributed by atoms with van der Waals surface area (Å²) in [5.41, 5.74) is 5.03. The standard InChI is InChI=1S/C12H10N2O3/c15-12(16)8-1-2-11-10(7-8)14-9(3-5-13-14)4-6-17-11/h1-4,6-7,13H,5H2,(H,15,16). The van der Waals surface area contributed by atoms with E-state index < -0.39 is 5.97 Å². The Morgan fingerprint density at radius 1 is 1.47 bits per heavy atom. The number of allylic oxidation sites excluding steroid dienone is 1. The van der Waals surface area contributed by atoms with Crippen molar-refractivity contribution in [3.05, 3.63) is 47.9 Å². The molecule has 0 fully saturated rings. The fourth-order valence-electron chi connectivity index (χ4n) is 1.89. The van der Waals surface area contributed by atoms with Crippen LogP contribution in [0.2, 0.25) is 0 Å². The lowest BCUT2D eigenvalue weighted by Crippen LogP contribution is -2.31. The van der Waals surface area contributed by atoms with Crippen LogP contribution in [0.25, 0.3) is 0 Å². The first kappa shape index (κ1) is 9.92. The van der Waals surface area contributed by atoms with E-state index in [4.69, 9.17) is 9.84 Å². The predicted molar refractivity (Wildman–Crippen MR) is 61.7 cm³/mol. The highest BCUT2D eigenvalue weighted by Crippen LogP contribution is 2.34. The van der Waals surface area contributed by atoms with Gasteiger partial charge >= 0.3 is 5.97 Å². The number of rotatable bonds is 1. The molecule has 0 spiro atoms. The van der Waals surface area contributed by atoms with E-state index >= 15 is 0 Å². The lowest BCUT2D eigenvalue weighted by atomic mass is 10.2. The average molecular weight is 230 g/mol. The van der Waals surface area contributed by atoms with E-state index in [2.05, 4.69) is 5.43 Å². The molecule has 17 heavy (non-hydrogen) atoms. The quantitative estimate of drug-likeness (QED) is 0.765. The summed E-state index contributed by atoms with van der Waals surface area (Å²) >= 11 is 0. The van der Waals surface area contributed by atoms with Gasteiger partial charge in [0.1, 0.15) is 5.69 Å². The lowest BCUT2D eigenvalue weighted by molar-refractivity contribution is 0.0697. The van der Waals surface area contributed by atoms with Gasteiger partial charge < -0.3 is 9.84 Å². The SMILES string of the molecule is O=C(O)c1ccc2c(c1)N1NCC=C1C=CO2. The molecule has 5 heteroatoms. The van der Waals surface area contributed by atoms with Crippen LogP contribution < -0.4 is 15.2 Å². The van der Waals surface area contributed by atoms with E-state index in [0.29, 0.717) is 11.4 Å². The highest BCUT2D eigenvalue weighted by molar-refractivity contribution is 5.90. The number of carbonyl (C=O) groups is 1. The Kier molecular flexibility index (Phi) is 2.12. The molecule has 0 atom stereocenters. The number of fused-ring (bicyclic) bond motifs is 3. The Labute approximate surface area is 97.6 Å². The van der Waals surface area contributed by atoms with Gasteiger partial charge in [-0.15, -0.1) is 0 Å². The number of aromatic carboxylic acids is 1. The first-order valence-corrected chi connectivity index (χ1v) is 5.20. The van der Waals surface area contributed by atoms with Crippen LogP contribution in [0.15, 0.2) is 42.3 Å². The fourth-order valence-corrected chi connectivity index (χ4v) is 1.89. The Hall–Kier alpha value is -2.27. The minimum absolute atomic E-state index is 0.238. The van der Waals surface area contributed by atoms with Gasteiger partial charge in [0.15, 0.2) is 5.75 Å². The van der Waals surface area contributed by atoms with E-state index in [1.807, 2.05) is 17.2 Å². The van der Waals surface area contributed by atoms with Gasteiger partial charge in [-0.1, -0.05) is 0 Å². The largest absolute Gasteiger partial charge is 0.478 e. The minimum Gasteiger partial charge on any atom is -0.478 e. The molecule has 0 unspecified atom stereocenters. The monoisotopic (exact) mass is 230 g/mol. The molecule has 0 radical (unpaired) electrons. The van der Waals surface area contributed by atoms with Gasteiger partial charge in [0.2, 0.25) is 0 Å². The number of ether oxygens (including phenoxy) is 1. The molecule has 86 valence electrons. The van der Waals surface area contributed by atoms with Crippen LogP contribution in [0.4, 0.5) is 5.69 Å². The molecule has 2 aliphatic rings. The molecule has 0 saturated carbocycles. The number of anilines is 1. The normalized spacial score (nSPS) is 16.7. The van der Waals surface area contributed by atoms with Gasteiger partial charge in [0.25, 0.3) is 0 Å². The van der Waals surface area contributed by atoms with Gasteiger partial charge in [-0.05, 0) is 30.4 Å². The first-order chi connectivity index (χ1) is 8.25. The summed E-state index contributed by atoms with van der Waals surface area (Å²) in [5, 5.41) is 10.8. The van der Waals surface area contributed by atoms with E-state index in [9.17, 15) is 4.79 Å². The zero-order chi connectivity index (χ0) is 11.8. The molecule has 1 aromatic rings. The summed E-state index contributed by atoms with van der Waals surface area (Å²) in [5.74, 6) is -0.321. The van der Waals surface area contributed by atoms with Crippen molar-refractivity contribution < 1.29 is 14.6 Å². The van der Waals surface area contributed by atoms with E-state index in [-0.39, 0.29) is 5.56 Å². The highest BCUT2D eigenvalue weighted by Gasteiger charge is 2.22.